The van der Waals surface area contributed by atoms with Gasteiger partial charge in [-0.15, -0.1) is 0 Å². The van der Waals surface area contributed by atoms with E-state index in [2.05, 4.69) is 29.9 Å². The van der Waals surface area contributed by atoms with E-state index in [0.29, 0.717) is 17.7 Å². The summed E-state index contributed by atoms with van der Waals surface area (Å²) in [5, 5.41) is 1.19. The third kappa shape index (κ3) is 1.67. The molecule has 2 heterocycles. The standard InChI is InChI=1S/C15H17N3/c1-9(2)7-10-8-17-14-13(10)11-5-3-4-6-12(11)18-15(14)16/h3-6,8-10H,7H2,1-2H3,(H2,16,18). The van der Waals surface area contributed by atoms with Crippen molar-refractivity contribution in [2.24, 2.45) is 10.9 Å². The Morgan fingerprint density at radius 2 is 2.06 bits per heavy atom. The number of hydrogen-bond acceptors (Lipinski definition) is 3. The summed E-state index contributed by atoms with van der Waals surface area (Å²) in [6.07, 6.45) is 3.12. The van der Waals surface area contributed by atoms with Gasteiger partial charge in [-0.2, -0.15) is 0 Å². The van der Waals surface area contributed by atoms with E-state index >= 15 is 0 Å². The quantitative estimate of drug-likeness (QED) is 0.869. The Morgan fingerprint density at radius 1 is 1.28 bits per heavy atom. The molecule has 0 saturated carbocycles. The lowest BCUT2D eigenvalue weighted by atomic mass is 9.90. The summed E-state index contributed by atoms with van der Waals surface area (Å²) in [6.45, 7) is 4.47. The molecular formula is C15H17N3. The van der Waals surface area contributed by atoms with E-state index in [1.165, 1.54) is 10.9 Å². The number of para-hydroxylation sites is 1. The van der Waals surface area contributed by atoms with E-state index in [1.807, 2.05) is 24.4 Å². The number of fused-ring (bicyclic) bond motifs is 3. The number of aliphatic imine (C=N–C) groups is 1. The van der Waals surface area contributed by atoms with Crippen molar-refractivity contribution >= 4 is 28.6 Å². The number of benzene rings is 1. The SMILES string of the molecule is CC(C)CC1C=Nc2c(N)nc3ccccc3c21. The van der Waals surface area contributed by atoms with Crippen molar-refractivity contribution < 1.29 is 0 Å². The Labute approximate surface area is 107 Å². The monoisotopic (exact) mass is 239 g/mol. The molecule has 1 unspecified atom stereocenters. The van der Waals surface area contributed by atoms with Crippen LogP contribution in [0.4, 0.5) is 11.5 Å². The number of nitrogen functional groups attached to an aromatic ring is 1. The minimum Gasteiger partial charge on any atom is -0.382 e. The second kappa shape index (κ2) is 4.09. The smallest absolute Gasteiger partial charge is 0.150 e. The van der Waals surface area contributed by atoms with Crippen LogP contribution in [0.2, 0.25) is 0 Å². The van der Waals surface area contributed by atoms with Crippen molar-refractivity contribution in [3.8, 4) is 0 Å². The maximum atomic E-state index is 6.01. The van der Waals surface area contributed by atoms with Crippen LogP contribution in [-0.2, 0) is 0 Å². The molecule has 0 bridgehead atoms. The topological polar surface area (TPSA) is 51.3 Å². The predicted octanol–water partition coefficient (Wildman–Crippen LogP) is 3.66. The minimum atomic E-state index is 0.371. The summed E-state index contributed by atoms with van der Waals surface area (Å²) in [7, 11) is 0. The molecular weight excluding hydrogens is 222 g/mol. The van der Waals surface area contributed by atoms with Crippen LogP contribution in [0.15, 0.2) is 29.3 Å². The maximum absolute atomic E-state index is 6.01. The van der Waals surface area contributed by atoms with Crippen molar-refractivity contribution in [1.29, 1.82) is 0 Å². The number of anilines is 1. The fraction of sp³-hybridized carbons (Fsp3) is 0.333. The fourth-order valence-electron chi connectivity index (χ4n) is 2.68. The van der Waals surface area contributed by atoms with Crippen LogP contribution in [0.25, 0.3) is 10.9 Å². The molecule has 0 amide bonds. The Hall–Kier alpha value is -1.90. The molecule has 18 heavy (non-hydrogen) atoms. The van der Waals surface area contributed by atoms with Crippen molar-refractivity contribution in [2.75, 3.05) is 5.73 Å². The van der Waals surface area contributed by atoms with Crippen molar-refractivity contribution in [2.45, 2.75) is 26.2 Å². The minimum absolute atomic E-state index is 0.371. The molecule has 0 spiro atoms. The number of pyridine rings is 1. The highest BCUT2D eigenvalue weighted by molar-refractivity contribution is 5.98. The lowest BCUT2D eigenvalue weighted by Gasteiger charge is -2.15. The third-order valence-electron chi connectivity index (χ3n) is 3.41. The highest BCUT2D eigenvalue weighted by atomic mass is 14.9. The van der Waals surface area contributed by atoms with E-state index < -0.39 is 0 Å². The second-order valence-electron chi connectivity index (χ2n) is 5.29. The molecule has 3 rings (SSSR count). The van der Waals surface area contributed by atoms with E-state index in [0.717, 1.165) is 17.6 Å². The molecule has 1 aliphatic rings. The number of hydrogen-bond donors (Lipinski definition) is 1. The van der Waals surface area contributed by atoms with Crippen molar-refractivity contribution in [1.82, 2.24) is 4.98 Å². The van der Waals surface area contributed by atoms with Gasteiger partial charge in [-0.3, -0.25) is 4.99 Å². The Morgan fingerprint density at radius 3 is 2.83 bits per heavy atom. The van der Waals surface area contributed by atoms with E-state index in [4.69, 9.17) is 5.73 Å². The summed E-state index contributed by atoms with van der Waals surface area (Å²) in [5.74, 6) is 1.56. The van der Waals surface area contributed by atoms with Gasteiger partial charge in [0.15, 0.2) is 0 Å². The van der Waals surface area contributed by atoms with Gasteiger partial charge in [-0.1, -0.05) is 32.0 Å². The van der Waals surface area contributed by atoms with Crippen LogP contribution in [-0.4, -0.2) is 11.2 Å². The van der Waals surface area contributed by atoms with Crippen LogP contribution in [0, 0.1) is 5.92 Å². The first-order valence-electron chi connectivity index (χ1n) is 6.39. The van der Waals surface area contributed by atoms with Gasteiger partial charge in [-0.25, -0.2) is 4.98 Å². The second-order valence-corrected chi connectivity index (χ2v) is 5.29. The summed E-state index contributed by atoms with van der Waals surface area (Å²) in [5.41, 5.74) is 9.10. The summed E-state index contributed by atoms with van der Waals surface area (Å²) < 4.78 is 0. The van der Waals surface area contributed by atoms with Crippen molar-refractivity contribution in [3.63, 3.8) is 0 Å². The Kier molecular flexibility index (Phi) is 2.54. The molecule has 1 aromatic carbocycles. The van der Waals surface area contributed by atoms with Crippen LogP contribution in [0.1, 0.15) is 31.7 Å². The first kappa shape index (κ1) is 11.2. The molecule has 0 aliphatic carbocycles. The third-order valence-corrected chi connectivity index (χ3v) is 3.41. The van der Waals surface area contributed by atoms with Gasteiger partial charge in [0.25, 0.3) is 0 Å². The van der Waals surface area contributed by atoms with Gasteiger partial charge in [-0.05, 0) is 24.0 Å². The van der Waals surface area contributed by atoms with Crippen LogP contribution in [0.3, 0.4) is 0 Å². The van der Waals surface area contributed by atoms with E-state index in [-0.39, 0.29) is 0 Å². The first-order valence-corrected chi connectivity index (χ1v) is 6.39. The Bertz CT molecular complexity index is 629. The van der Waals surface area contributed by atoms with E-state index in [9.17, 15) is 0 Å². The number of aromatic nitrogens is 1. The van der Waals surface area contributed by atoms with E-state index in [1.54, 1.807) is 0 Å². The van der Waals surface area contributed by atoms with Crippen molar-refractivity contribution in [3.05, 3.63) is 29.8 Å². The lowest BCUT2D eigenvalue weighted by molar-refractivity contribution is 0.572. The number of rotatable bonds is 2. The zero-order valence-electron chi connectivity index (χ0n) is 10.7. The average Bonchev–Trinajstić information content (AvgIpc) is 2.73. The molecule has 3 heteroatoms. The zero-order valence-corrected chi connectivity index (χ0v) is 10.7. The van der Waals surface area contributed by atoms with Gasteiger partial charge in [0.2, 0.25) is 0 Å². The van der Waals surface area contributed by atoms with Gasteiger partial charge in [0.05, 0.1) is 5.52 Å². The lowest BCUT2D eigenvalue weighted by Crippen LogP contribution is -2.03. The zero-order chi connectivity index (χ0) is 12.7. The average molecular weight is 239 g/mol. The molecule has 92 valence electrons. The summed E-state index contributed by atoms with van der Waals surface area (Å²) in [6, 6.07) is 8.17. The van der Waals surface area contributed by atoms with Gasteiger partial charge >= 0.3 is 0 Å². The van der Waals surface area contributed by atoms with Crippen LogP contribution < -0.4 is 5.73 Å². The molecule has 1 atom stereocenters. The molecule has 2 N–H and O–H groups in total. The first-order chi connectivity index (χ1) is 8.66. The Balaban J connectivity index is 2.22. The molecule has 0 radical (unpaired) electrons. The van der Waals surface area contributed by atoms with Crippen LogP contribution in [0.5, 0.6) is 0 Å². The normalized spacial score (nSPS) is 17.6. The number of nitrogens with zero attached hydrogens (tertiary/aromatic N) is 2. The molecule has 0 saturated heterocycles. The van der Waals surface area contributed by atoms with Gasteiger partial charge in [0.1, 0.15) is 11.5 Å². The number of nitrogens with two attached hydrogens (primary N) is 1. The summed E-state index contributed by atoms with van der Waals surface area (Å²) >= 11 is 0. The summed E-state index contributed by atoms with van der Waals surface area (Å²) in [4.78, 5) is 8.90. The maximum Gasteiger partial charge on any atom is 0.150 e. The molecule has 1 aromatic heterocycles. The predicted molar refractivity (Wildman–Crippen MR) is 76.5 cm³/mol. The molecule has 3 nitrogen and oxygen atoms in total. The molecule has 2 aromatic rings. The highest BCUT2D eigenvalue weighted by Crippen LogP contribution is 2.42. The highest BCUT2D eigenvalue weighted by Gasteiger charge is 2.25. The van der Waals surface area contributed by atoms with Gasteiger partial charge in [0, 0.05) is 17.5 Å². The molecule has 1 aliphatic heterocycles. The van der Waals surface area contributed by atoms with Crippen LogP contribution >= 0.6 is 0 Å². The molecule has 0 fully saturated rings. The van der Waals surface area contributed by atoms with Gasteiger partial charge < -0.3 is 5.73 Å². The largest absolute Gasteiger partial charge is 0.382 e. The fourth-order valence-corrected chi connectivity index (χ4v) is 2.68.